The molecule has 0 aliphatic carbocycles. The minimum atomic E-state index is -0.460. The van der Waals surface area contributed by atoms with E-state index in [4.69, 9.17) is 0 Å². The predicted molar refractivity (Wildman–Crippen MR) is 75.9 cm³/mol. The van der Waals surface area contributed by atoms with Crippen LogP contribution in [0.3, 0.4) is 0 Å². The number of rotatable bonds is 4. The van der Waals surface area contributed by atoms with Crippen LogP contribution in [-0.2, 0) is 12.8 Å². The van der Waals surface area contributed by atoms with Crippen molar-refractivity contribution in [3.63, 3.8) is 0 Å². The molecular formula is C14H17N3O2. The van der Waals surface area contributed by atoms with Gasteiger partial charge in [-0.25, -0.2) is 4.79 Å². The minimum Gasteiger partial charge on any atom is -0.372 e. The molecule has 0 spiro atoms. The van der Waals surface area contributed by atoms with Gasteiger partial charge in [-0.1, -0.05) is 30.3 Å². The molecule has 2 rings (SSSR count). The standard InChI is InChI=1S/C14H17N3O2/c1-17(2)12-11(15-14(19)16-13(12)18)9-8-10-6-4-3-5-7-10/h3-7H,8-9H2,1-2H3,(H2,15,16,18,19). The number of benzene rings is 1. The van der Waals surface area contributed by atoms with Gasteiger partial charge in [0, 0.05) is 19.8 Å². The Morgan fingerprint density at radius 2 is 1.68 bits per heavy atom. The molecule has 5 heteroatoms. The van der Waals surface area contributed by atoms with E-state index in [1.54, 1.807) is 19.0 Å². The third kappa shape index (κ3) is 3.13. The van der Waals surface area contributed by atoms with Crippen molar-refractivity contribution < 1.29 is 0 Å². The zero-order valence-corrected chi connectivity index (χ0v) is 11.1. The number of H-pyrrole nitrogens is 2. The molecule has 0 unspecified atom stereocenters. The fourth-order valence-electron chi connectivity index (χ4n) is 2.09. The third-order valence-electron chi connectivity index (χ3n) is 2.95. The van der Waals surface area contributed by atoms with Crippen LogP contribution in [0.15, 0.2) is 39.9 Å². The van der Waals surface area contributed by atoms with E-state index >= 15 is 0 Å². The fourth-order valence-corrected chi connectivity index (χ4v) is 2.09. The van der Waals surface area contributed by atoms with E-state index in [1.165, 1.54) is 5.56 Å². The predicted octanol–water partition coefficient (Wildman–Crippen LogP) is 0.914. The number of aromatic nitrogens is 2. The van der Waals surface area contributed by atoms with Crippen molar-refractivity contribution in [2.45, 2.75) is 12.8 Å². The molecule has 1 aromatic carbocycles. The average molecular weight is 259 g/mol. The lowest BCUT2D eigenvalue weighted by Crippen LogP contribution is -2.31. The van der Waals surface area contributed by atoms with Gasteiger partial charge in [0.1, 0.15) is 5.69 Å². The summed E-state index contributed by atoms with van der Waals surface area (Å²) < 4.78 is 0. The molecule has 0 amide bonds. The van der Waals surface area contributed by atoms with Gasteiger partial charge in [-0.2, -0.15) is 0 Å². The van der Waals surface area contributed by atoms with E-state index in [9.17, 15) is 9.59 Å². The second-order valence-corrected chi connectivity index (χ2v) is 4.62. The van der Waals surface area contributed by atoms with Crippen LogP contribution >= 0.6 is 0 Å². The second kappa shape index (κ2) is 5.56. The number of aromatic amines is 2. The van der Waals surface area contributed by atoms with E-state index < -0.39 is 5.69 Å². The smallest absolute Gasteiger partial charge is 0.326 e. The highest BCUT2D eigenvalue weighted by atomic mass is 16.2. The van der Waals surface area contributed by atoms with Gasteiger partial charge in [-0.15, -0.1) is 0 Å². The zero-order valence-electron chi connectivity index (χ0n) is 11.1. The largest absolute Gasteiger partial charge is 0.372 e. The van der Waals surface area contributed by atoms with Crippen molar-refractivity contribution in [2.75, 3.05) is 19.0 Å². The first-order valence-corrected chi connectivity index (χ1v) is 6.14. The van der Waals surface area contributed by atoms with Gasteiger partial charge in [0.25, 0.3) is 5.56 Å². The minimum absolute atomic E-state index is 0.350. The molecule has 5 nitrogen and oxygen atoms in total. The van der Waals surface area contributed by atoms with E-state index in [0.29, 0.717) is 17.8 Å². The summed E-state index contributed by atoms with van der Waals surface area (Å²) in [6, 6.07) is 9.97. The summed E-state index contributed by atoms with van der Waals surface area (Å²) in [6.45, 7) is 0. The number of nitrogens with zero attached hydrogens (tertiary/aromatic N) is 1. The summed E-state index contributed by atoms with van der Waals surface area (Å²) >= 11 is 0. The van der Waals surface area contributed by atoms with E-state index in [2.05, 4.69) is 9.97 Å². The van der Waals surface area contributed by atoms with Crippen LogP contribution in [0.5, 0.6) is 0 Å². The van der Waals surface area contributed by atoms with Crippen LogP contribution in [0.4, 0.5) is 5.69 Å². The van der Waals surface area contributed by atoms with Gasteiger partial charge in [-0.05, 0) is 18.4 Å². The highest BCUT2D eigenvalue weighted by Gasteiger charge is 2.11. The normalized spacial score (nSPS) is 10.4. The summed E-state index contributed by atoms with van der Waals surface area (Å²) in [6.07, 6.45) is 1.40. The zero-order chi connectivity index (χ0) is 13.8. The Kier molecular flexibility index (Phi) is 3.85. The van der Waals surface area contributed by atoms with E-state index in [0.717, 1.165) is 6.42 Å². The molecule has 1 heterocycles. The molecule has 0 bridgehead atoms. The first-order valence-electron chi connectivity index (χ1n) is 6.14. The monoisotopic (exact) mass is 259 g/mol. The molecule has 0 aliphatic heterocycles. The molecule has 2 aromatic rings. The number of anilines is 1. The van der Waals surface area contributed by atoms with Gasteiger partial charge in [0.15, 0.2) is 0 Å². The van der Waals surface area contributed by atoms with Crippen LogP contribution in [0.2, 0.25) is 0 Å². The number of nitrogens with one attached hydrogen (secondary N) is 2. The Bertz CT molecular complexity index is 656. The Morgan fingerprint density at radius 3 is 2.32 bits per heavy atom. The first kappa shape index (κ1) is 13.1. The van der Waals surface area contributed by atoms with Crippen molar-refractivity contribution in [3.05, 3.63) is 62.4 Å². The molecule has 0 radical (unpaired) electrons. The molecule has 0 atom stereocenters. The summed E-state index contributed by atoms with van der Waals surface area (Å²) in [5, 5.41) is 0. The molecule has 0 saturated heterocycles. The third-order valence-corrected chi connectivity index (χ3v) is 2.95. The van der Waals surface area contributed by atoms with Gasteiger partial charge < -0.3 is 9.88 Å². The lowest BCUT2D eigenvalue weighted by molar-refractivity contribution is 0.857. The Hall–Kier alpha value is -2.30. The maximum atomic E-state index is 11.8. The quantitative estimate of drug-likeness (QED) is 0.857. The van der Waals surface area contributed by atoms with Crippen molar-refractivity contribution in [2.24, 2.45) is 0 Å². The Morgan fingerprint density at radius 1 is 1.00 bits per heavy atom. The molecule has 0 saturated carbocycles. The molecule has 0 aliphatic rings. The molecule has 19 heavy (non-hydrogen) atoms. The van der Waals surface area contributed by atoms with Crippen LogP contribution in [0, 0.1) is 0 Å². The Balaban J connectivity index is 2.29. The maximum Gasteiger partial charge on any atom is 0.326 e. The average Bonchev–Trinajstić information content (AvgIpc) is 2.36. The van der Waals surface area contributed by atoms with Gasteiger partial charge >= 0.3 is 5.69 Å². The summed E-state index contributed by atoms with van der Waals surface area (Å²) in [7, 11) is 3.57. The lowest BCUT2D eigenvalue weighted by Gasteiger charge is -2.15. The van der Waals surface area contributed by atoms with Crippen molar-refractivity contribution >= 4 is 5.69 Å². The van der Waals surface area contributed by atoms with Crippen molar-refractivity contribution in [1.29, 1.82) is 0 Å². The van der Waals surface area contributed by atoms with Crippen LogP contribution in [0.25, 0.3) is 0 Å². The van der Waals surface area contributed by atoms with E-state index in [1.807, 2.05) is 30.3 Å². The summed E-state index contributed by atoms with van der Waals surface area (Å²) in [5.74, 6) is 0. The molecule has 2 N–H and O–H groups in total. The fraction of sp³-hybridized carbons (Fsp3) is 0.286. The second-order valence-electron chi connectivity index (χ2n) is 4.62. The highest BCUT2D eigenvalue weighted by Crippen LogP contribution is 2.12. The molecule has 100 valence electrons. The highest BCUT2D eigenvalue weighted by molar-refractivity contribution is 5.47. The van der Waals surface area contributed by atoms with Gasteiger partial charge in [0.05, 0.1) is 0 Å². The Labute approximate surface area is 110 Å². The first-order chi connectivity index (χ1) is 9.08. The molecular weight excluding hydrogens is 242 g/mol. The maximum absolute atomic E-state index is 11.8. The van der Waals surface area contributed by atoms with Crippen LogP contribution in [-0.4, -0.2) is 24.1 Å². The van der Waals surface area contributed by atoms with Gasteiger partial charge in [0.2, 0.25) is 0 Å². The number of hydrogen-bond acceptors (Lipinski definition) is 3. The SMILES string of the molecule is CN(C)c1c(CCc2ccccc2)[nH]c(=O)[nH]c1=O. The van der Waals surface area contributed by atoms with Crippen LogP contribution in [0.1, 0.15) is 11.3 Å². The topological polar surface area (TPSA) is 69.0 Å². The van der Waals surface area contributed by atoms with Crippen LogP contribution < -0.4 is 16.1 Å². The lowest BCUT2D eigenvalue weighted by atomic mass is 10.1. The number of hydrogen-bond donors (Lipinski definition) is 2. The molecule has 0 fully saturated rings. The molecule has 1 aromatic heterocycles. The summed E-state index contributed by atoms with van der Waals surface area (Å²) in [5.41, 5.74) is 1.54. The van der Waals surface area contributed by atoms with E-state index in [-0.39, 0.29) is 5.56 Å². The number of aryl methyl sites for hydroxylation is 2. The van der Waals surface area contributed by atoms with Gasteiger partial charge in [-0.3, -0.25) is 9.78 Å². The van der Waals surface area contributed by atoms with Crippen molar-refractivity contribution in [3.8, 4) is 0 Å². The van der Waals surface area contributed by atoms with Crippen molar-refractivity contribution in [1.82, 2.24) is 9.97 Å². The summed E-state index contributed by atoms with van der Waals surface area (Å²) in [4.78, 5) is 29.8.